The summed E-state index contributed by atoms with van der Waals surface area (Å²) in [6.45, 7) is 0. The van der Waals surface area contributed by atoms with Gasteiger partial charge in [0, 0.05) is 25.1 Å². The quantitative estimate of drug-likeness (QED) is 0.830. The summed E-state index contributed by atoms with van der Waals surface area (Å²) < 4.78 is 48.1. The van der Waals surface area contributed by atoms with Crippen LogP contribution in [0.1, 0.15) is 0 Å². The number of hydrogen-bond acceptors (Lipinski definition) is 5. The van der Waals surface area contributed by atoms with Crippen molar-refractivity contribution in [3.8, 4) is 0 Å². The van der Waals surface area contributed by atoms with Gasteiger partial charge in [-0.25, -0.2) is 22.2 Å². The van der Waals surface area contributed by atoms with Crippen LogP contribution < -0.4 is 5.32 Å². The molecule has 0 amide bonds. The molecular formula is C9H12F2N2O2S2. The third kappa shape index (κ3) is 4.47. The smallest absolute Gasteiger partial charge is 0.168 e. The van der Waals surface area contributed by atoms with Crippen molar-refractivity contribution >= 4 is 27.4 Å². The van der Waals surface area contributed by atoms with Gasteiger partial charge in [0.15, 0.2) is 17.5 Å². The van der Waals surface area contributed by atoms with Crippen LogP contribution in [0.15, 0.2) is 11.1 Å². The van der Waals surface area contributed by atoms with Crippen LogP contribution in [0.3, 0.4) is 0 Å². The summed E-state index contributed by atoms with van der Waals surface area (Å²) in [4.78, 5) is 3.72. The molecule has 0 aliphatic rings. The largest absolute Gasteiger partial charge is 0.371 e. The van der Waals surface area contributed by atoms with E-state index in [0.717, 1.165) is 24.1 Å². The van der Waals surface area contributed by atoms with Crippen LogP contribution in [0.5, 0.6) is 0 Å². The highest BCUT2D eigenvalue weighted by molar-refractivity contribution is 8.00. The molecular weight excluding hydrogens is 270 g/mol. The van der Waals surface area contributed by atoms with Gasteiger partial charge in [-0.3, -0.25) is 0 Å². The van der Waals surface area contributed by atoms with Crippen LogP contribution in [0.2, 0.25) is 0 Å². The van der Waals surface area contributed by atoms with Crippen molar-refractivity contribution in [1.82, 2.24) is 4.98 Å². The van der Waals surface area contributed by atoms with Gasteiger partial charge >= 0.3 is 0 Å². The van der Waals surface area contributed by atoms with Gasteiger partial charge in [0.2, 0.25) is 0 Å². The second-order valence-corrected chi connectivity index (χ2v) is 6.68. The number of sulfone groups is 1. The zero-order chi connectivity index (χ0) is 13.1. The van der Waals surface area contributed by atoms with Crippen LogP contribution in [-0.2, 0) is 9.84 Å². The number of nitrogens with zero attached hydrogens (tertiary/aromatic N) is 1. The topological polar surface area (TPSA) is 59.1 Å². The highest BCUT2D eigenvalue weighted by atomic mass is 32.2. The number of aromatic nitrogens is 1. The molecule has 0 radical (unpaired) electrons. The van der Waals surface area contributed by atoms with E-state index in [1.54, 1.807) is 0 Å². The van der Waals surface area contributed by atoms with Gasteiger partial charge in [0.25, 0.3) is 0 Å². The fraction of sp³-hybridized carbons (Fsp3) is 0.444. The summed E-state index contributed by atoms with van der Waals surface area (Å²) in [6, 6.07) is 0.724. The van der Waals surface area contributed by atoms with E-state index >= 15 is 0 Å². The summed E-state index contributed by atoms with van der Waals surface area (Å²) in [7, 11) is -1.63. The fourth-order valence-corrected chi connectivity index (χ4v) is 3.11. The molecule has 0 aromatic carbocycles. The first-order valence-electron chi connectivity index (χ1n) is 4.68. The lowest BCUT2D eigenvalue weighted by Gasteiger charge is -2.06. The standard InChI is InChI=1S/C9H12F2N2O2S2/c1-12-8-6(10)5-7(11)9(13-8)16-3-4-17(2,14)15/h5H,3-4H2,1-2H3,(H,12,13). The Kier molecular flexibility index (Phi) is 4.70. The summed E-state index contributed by atoms with van der Waals surface area (Å²) in [5.74, 6) is -1.53. The molecule has 0 saturated heterocycles. The predicted octanol–water partition coefficient (Wildman–Crippen LogP) is 1.54. The molecule has 1 aromatic heterocycles. The van der Waals surface area contributed by atoms with Crippen molar-refractivity contribution in [3.05, 3.63) is 17.7 Å². The van der Waals surface area contributed by atoms with Gasteiger partial charge < -0.3 is 5.32 Å². The SMILES string of the molecule is CNc1nc(SCCS(C)(=O)=O)c(F)cc1F. The van der Waals surface area contributed by atoms with E-state index in [-0.39, 0.29) is 22.3 Å². The zero-order valence-corrected chi connectivity index (χ0v) is 11.0. The number of rotatable bonds is 5. The Morgan fingerprint density at radius 3 is 2.59 bits per heavy atom. The average Bonchev–Trinajstić information content (AvgIpc) is 2.19. The maximum absolute atomic E-state index is 13.3. The highest BCUT2D eigenvalue weighted by Gasteiger charge is 2.12. The van der Waals surface area contributed by atoms with Crippen LogP contribution in [0, 0.1) is 11.6 Å². The minimum atomic E-state index is -3.09. The lowest BCUT2D eigenvalue weighted by molar-refractivity contribution is 0.551. The van der Waals surface area contributed by atoms with E-state index in [4.69, 9.17) is 0 Å². The summed E-state index contributed by atoms with van der Waals surface area (Å²) >= 11 is 0.940. The molecule has 0 spiro atoms. The van der Waals surface area contributed by atoms with Crippen molar-refractivity contribution in [3.63, 3.8) is 0 Å². The third-order valence-corrected chi connectivity index (χ3v) is 4.00. The van der Waals surface area contributed by atoms with E-state index in [2.05, 4.69) is 10.3 Å². The molecule has 0 atom stereocenters. The molecule has 17 heavy (non-hydrogen) atoms. The first kappa shape index (κ1) is 14.2. The van der Waals surface area contributed by atoms with Crippen LogP contribution in [0.25, 0.3) is 0 Å². The summed E-state index contributed by atoms with van der Waals surface area (Å²) in [5, 5.41) is 2.47. The monoisotopic (exact) mass is 282 g/mol. The van der Waals surface area contributed by atoms with E-state index in [0.29, 0.717) is 0 Å². The first-order chi connectivity index (χ1) is 7.83. The van der Waals surface area contributed by atoms with E-state index in [9.17, 15) is 17.2 Å². The molecule has 0 aliphatic heterocycles. The second kappa shape index (κ2) is 5.63. The number of hydrogen-bond donors (Lipinski definition) is 1. The molecule has 8 heteroatoms. The van der Waals surface area contributed by atoms with Gasteiger partial charge in [-0.05, 0) is 0 Å². The van der Waals surface area contributed by atoms with Gasteiger partial charge in [0.05, 0.1) is 5.75 Å². The molecule has 0 unspecified atom stereocenters. The fourth-order valence-electron chi connectivity index (χ4n) is 1.02. The molecule has 1 heterocycles. The Bertz CT molecular complexity index is 506. The van der Waals surface area contributed by atoms with Crippen molar-refractivity contribution in [2.45, 2.75) is 5.03 Å². The van der Waals surface area contributed by atoms with Crippen molar-refractivity contribution in [2.24, 2.45) is 0 Å². The van der Waals surface area contributed by atoms with Gasteiger partial charge in [-0.15, -0.1) is 11.8 Å². The average molecular weight is 282 g/mol. The molecule has 0 aliphatic carbocycles. The molecule has 96 valence electrons. The Morgan fingerprint density at radius 2 is 2.06 bits per heavy atom. The van der Waals surface area contributed by atoms with Gasteiger partial charge in [0.1, 0.15) is 14.9 Å². The van der Waals surface area contributed by atoms with Crippen molar-refractivity contribution < 1.29 is 17.2 Å². The Morgan fingerprint density at radius 1 is 1.41 bits per heavy atom. The van der Waals surface area contributed by atoms with Gasteiger partial charge in [-0.1, -0.05) is 0 Å². The number of anilines is 1. The normalized spacial score (nSPS) is 11.5. The summed E-state index contributed by atoms with van der Waals surface area (Å²) in [6.07, 6.45) is 1.10. The molecule has 1 N–H and O–H groups in total. The predicted molar refractivity (Wildman–Crippen MR) is 64.1 cm³/mol. The molecule has 0 fully saturated rings. The maximum Gasteiger partial charge on any atom is 0.168 e. The number of thioether (sulfide) groups is 1. The zero-order valence-electron chi connectivity index (χ0n) is 9.33. The minimum Gasteiger partial charge on any atom is -0.371 e. The molecule has 4 nitrogen and oxygen atoms in total. The number of halogens is 2. The van der Waals surface area contributed by atoms with Gasteiger partial charge in [-0.2, -0.15) is 0 Å². The van der Waals surface area contributed by atoms with Crippen molar-refractivity contribution in [1.29, 1.82) is 0 Å². The third-order valence-electron chi connectivity index (χ3n) is 1.83. The highest BCUT2D eigenvalue weighted by Crippen LogP contribution is 2.23. The Hall–Kier alpha value is -0.890. The first-order valence-corrected chi connectivity index (χ1v) is 7.72. The second-order valence-electron chi connectivity index (χ2n) is 3.33. The number of nitrogens with one attached hydrogen (secondary N) is 1. The Labute approximate surface area is 103 Å². The molecule has 0 bridgehead atoms. The van der Waals surface area contributed by atoms with Crippen LogP contribution >= 0.6 is 11.8 Å². The lowest BCUT2D eigenvalue weighted by Crippen LogP contribution is -2.06. The molecule has 0 saturated carbocycles. The van der Waals surface area contributed by atoms with E-state index < -0.39 is 21.5 Å². The summed E-state index contributed by atoms with van der Waals surface area (Å²) in [5.41, 5.74) is 0. The molecule has 1 aromatic rings. The number of pyridine rings is 1. The maximum atomic E-state index is 13.3. The molecule has 1 rings (SSSR count). The lowest BCUT2D eigenvalue weighted by atomic mass is 10.4. The van der Waals surface area contributed by atoms with Crippen LogP contribution in [-0.4, -0.2) is 38.2 Å². The Balaban J connectivity index is 2.77. The van der Waals surface area contributed by atoms with Crippen LogP contribution in [0.4, 0.5) is 14.6 Å². The van der Waals surface area contributed by atoms with E-state index in [1.165, 1.54) is 7.05 Å². The van der Waals surface area contributed by atoms with Crippen molar-refractivity contribution in [2.75, 3.05) is 30.1 Å². The minimum absolute atomic E-state index is 0.0144. The van der Waals surface area contributed by atoms with E-state index in [1.807, 2.05) is 0 Å².